The lowest BCUT2D eigenvalue weighted by atomic mass is 9.84. The summed E-state index contributed by atoms with van der Waals surface area (Å²) in [5.74, 6) is 0.514. The SMILES string of the molecule is Cc1cc(C(=O)N(C)C(Cc2ccccc2)C2CCN(Cc3ccncc3)CC2)n(C)n1. The molecule has 0 bridgehead atoms. The number of aromatic nitrogens is 3. The first-order valence-corrected chi connectivity index (χ1v) is 11.4. The predicted molar refractivity (Wildman–Crippen MR) is 126 cm³/mol. The first kappa shape index (κ1) is 22.2. The summed E-state index contributed by atoms with van der Waals surface area (Å²) in [6.45, 7) is 4.98. The van der Waals surface area contributed by atoms with Crippen molar-refractivity contribution in [3.8, 4) is 0 Å². The van der Waals surface area contributed by atoms with E-state index in [2.05, 4.69) is 51.4 Å². The van der Waals surface area contributed by atoms with E-state index >= 15 is 0 Å². The minimum absolute atomic E-state index is 0.0493. The third-order valence-corrected chi connectivity index (χ3v) is 6.66. The summed E-state index contributed by atoms with van der Waals surface area (Å²) in [5, 5.41) is 4.38. The van der Waals surface area contributed by atoms with E-state index in [0.717, 1.165) is 44.6 Å². The quantitative estimate of drug-likeness (QED) is 0.572. The minimum Gasteiger partial charge on any atom is -0.337 e. The van der Waals surface area contributed by atoms with Crippen molar-refractivity contribution in [3.05, 3.63) is 83.4 Å². The molecule has 4 rings (SSSR count). The molecule has 0 spiro atoms. The lowest BCUT2D eigenvalue weighted by Gasteiger charge is -2.40. The molecule has 1 atom stereocenters. The summed E-state index contributed by atoms with van der Waals surface area (Å²) < 4.78 is 1.70. The van der Waals surface area contributed by atoms with Crippen molar-refractivity contribution in [3.63, 3.8) is 0 Å². The number of benzene rings is 1. The van der Waals surface area contributed by atoms with Crippen LogP contribution in [0.4, 0.5) is 0 Å². The molecule has 6 heteroatoms. The van der Waals surface area contributed by atoms with Crippen molar-refractivity contribution in [2.45, 2.75) is 38.8 Å². The molecule has 1 unspecified atom stereocenters. The molecule has 0 aliphatic carbocycles. The number of carbonyl (C=O) groups excluding carboxylic acids is 1. The second-order valence-electron chi connectivity index (χ2n) is 8.94. The zero-order valence-electron chi connectivity index (χ0n) is 19.3. The number of pyridine rings is 1. The maximum atomic E-state index is 13.4. The van der Waals surface area contributed by atoms with Crippen LogP contribution in [-0.4, -0.2) is 56.7 Å². The first-order valence-electron chi connectivity index (χ1n) is 11.4. The number of rotatable bonds is 7. The van der Waals surface area contributed by atoms with Crippen LogP contribution in [0.3, 0.4) is 0 Å². The second kappa shape index (κ2) is 10.1. The van der Waals surface area contributed by atoms with E-state index in [0.29, 0.717) is 11.6 Å². The number of amides is 1. The van der Waals surface area contributed by atoms with Crippen molar-refractivity contribution in [1.29, 1.82) is 0 Å². The minimum atomic E-state index is 0.0493. The van der Waals surface area contributed by atoms with Gasteiger partial charge >= 0.3 is 0 Å². The molecular weight excluding hydrogens is 398 g/mol. The van der Waals surface area contributed by atoms with Crippen LogP contribution in [0.1, 0.15) is 40.2 Å². The molecule has 2 aromatic heterocycles. The Labute approximate surface area is 190 Å². The van der Waals surface area contributed by atoms with Gasteiger partial charge in [0.25, 0.3) is 5.91 Å². The fourth-order valence-electron chi connectivity index (χ4n) is 4.86. The molecule has 3 aromatic rings. The van der Waals surface area contributed by atoms with Gasteiger partial charge in [-0.05, 0) is 74.5 Å². The van der Waals surface area contributed by atoms with Gasteiger partial charge in [-0.15, -0.1) is 0 Å². The number of likely N-dealkylation sites (tertiary alicyclic amines) is 1. The van der Waals surface area contributed by atoms with Crippen LogP contribution in [0.2, 0.25) is 0 Å². The molecule has 32 heavy (non-hydrogen) atoms. The van der Waals surface area contributed by atoms with Gasteiger partial charge in [-0.25, -0.2) is 0 Å². The van der Waals surface area contributed by atoms with Crippen LogP contribution >= 0.6 is 0 Å². The Bertz CT molecular complexity index is 1010. The fraction of sp³-hybridized carbons (Fsp3) is 0.423. The van der Waals surface area contributed by atoms with Crippen molar-refractivity contribution in [2.75, 3.05) is 20.1 Å². The molecule has 6 nitrogen and oxygen atoms in total. The summed E-state index contributed by atoms with van der Waals surface area (Å²) in [5.41, 5.74) is 4.10. The topological polar surface area (TPSA) is 54.3 Å². The molecule has 1 aliphatic heterocycles. The predicted octanol–water partition coefficient (Wildman–Crippen LogP) is 3.72. The fourth-order valence-corrected chi connectivity index (χ4v) is 4.86. The first-order chi connectivity index (χ1) is 15.5. The van der Waals surface area contributed by atoms with E-state index in [1.54, 1.807) is 4.68 Å². The summed E-state index contributed by atoms with van der Waals surface area (Å²) in [6.07, 6.45) is 6.77. The monoisotopic (exact) mass is 431 g/mol. The van der Waals surface area contributed by atoms with Crippen molar-refractivity contribution in [2.24, 2.45) is 13.0 Å². The average molecular weight is 432 g/mol. The number of aryl methyl sites for hydroxylation is 2. The summed E-state index contributed by atoms with van der Waals surface area (Å²) in [7, 11) is 3.81. The summed E-state index contributed by atoms with van der Waals surface area (Å²) in [6, 6.07) is 16.8. The van der Waals surface area contributed by atoms with Crippen molar-refractivity contribution < 1.29 is 4.79 Å². The molecule has 0 saturated carbocycles. The molecular formula is C26H33N5O. The van der Waals surface area contributed by atoms with Gasteiger partial charge < -0.3 is 4.90 Å². The largest absolute Gasteiger partial charge is 0.337 e. The van der Waals surface area contributed by atoms with Gasteiger partial charge in [0.1, 0.15) is 5.69 Å². The van der Waals surface area contributed by atoms with Crippen LogP contribution in [0.25, 0.3) is 0 Å². The number of piperidine rings is 1. The molecule has 1 saturated heterocycles. The molecule has 1 aromatic carbocycles. The van der Waals surface area contributed by atoms with E-state index in [4.69, 9.17) is 0 Å². The third-order valence-electron chi connectivity index (χ3n) is 6.66. The highest BCUT2D eigenvalue weighted by Crippen LogP contribution is 2.28. The molecule has 1 fully saturated rings. The Hall–Kier alpha value is -2.99. The number of likely N-dealkylation sites (N-methyl/N-ethyl adjacent to an activating group) is 1. The van der Waals surface area contributed by atoms with E-state index in [1.807, 2.05) is 50.4 Å². The zero-order valence-corrected chi connectivity index (χ0v) is 19.3. The maximum Gasteiger partial charge on any atom is 0.272 e. The van der Waals surface area contributed by atoms with E-state index in [9.17, 15) is 4.79 Å². The summed E-state index contributed by atoms with van der Waals surface area (Å²) in [4.78, 5) is 22.0. The highest BCUT2D eigenvalue weighted by molar-refractivity contribution is 5.92. The van der Waals surface area contributed by atoms with Crippen molar-refractivity contribution >= 4 is 5.91 Å². The van der Waals surface area contributed by atoms with E-state index in [-0.39, 0.29) is 11.9 Å². The van der Waals surface area contributed by atoms with Gasteiger partial charge in [-0.1, -0.05) is 30.3 Å². The average Bonchev–Trinajstić information content (AvgIpc) is 3.16. The lowest BCUT2D eigenvalue weighted by Crippen LogP contribution is -2.47. The Morgan fingerprint density at radius 2 is 1.78 bits per heavy atom. The zero-order chi connectivity index (χ0) is 22.5. The Kier molecular flexibility index (Phi) is 7.00. The van der Waals surface area contributed by atoms with Crippen LogP contribution < -0.4 is 0 Å². The number of hydrogen-bond acceptors (Lipinski definition) is 4. The molecule has 168 valence electrons. The Morgan fingerprint density at radius 3 is 2.41 bits per heavy atom. The Balaban J connectivity index is 1.48. The molecule has 0 N–H and O–H groups in total. The van der Waals surface area contributed by atoms with Gasteiger partial charge in [-0.3, -0.25) is 19.4 Å². The van der Waals surface area contributed by atoms with Gasteiger partial charge in [0.2, 0.25) is 0 Å². The van der Waals surface area contributed by atoms with Crippen LogP contribution in [0.15, 0.2) is 60.9 Å². The number of hydrogen-bond donors (Lipinski definition) is 0. The normalized spacial score (nSPS) is 16.1. The van der Waals surface area contributed by atoms with E-state index < -0.39 is 0 Å². The standard InChI is InChI=1S/C26H33N5O/c1-20-17-25(30(3)28-20)26(32)29(2)24(18-21-7-5-4-6-8-21)23-11-15-31(16-12-23)19-22-9-13-27-14-10-22/h4-10,13-14,17,23-24H,11-12,15-16,18-19H2,1-3H3. The number of carbonyl (C=O) groups is 1. The lowest BCUT2D eigenvalue weighted by molar-refractivity contribution is 0.0575. The Morgan fingerprint density at radius 1 is 1.09 bits per heavy atom. The van der Waals surface area contributed by atoms with Gasteiger partial charge in [-0.2, -0.15) is 5.10 Å². The molecule has 1 amide bonds. The highest BCUT2D eigenvalue weighted by Gasteiger charge is 2.32. The van der Waals surface area contributed by atoms with Crippen LogP contribution in [0.5, 0.6) is 0 Å². The van der Waals surface area contributed by atoms with Crippen LogP contribution in [-0.2, 0) is 20.0 Å². The third kappa shape index (κ3) is 5.25. The van der Waals surface area contributed by atoms with Gasteiger partial charge in [0.15, 0.2) is 0 Å². The molecule has 0 radical (unpaired) electrons. The highest BCUT2D eigenvalue weighted by atomic mass is 16.2. The maximum absolute atomic E-state index is 13.4. The summed E-state index contributed by atoms with van der Waals surface area (Å²) >= 11 is 0. The molecule has 1 aliphatic rings. The van der Waals surface area contributed by atoms with Crippen molar-refractivity contribution in [1.82, 2.24) is 24.6 Å². The smallest absolute Gasteiger partial charge is 0.272 e. The van der Waals surface area contributed by atoms with Gasteiger partial charge in [0, 0.05) is 39.1 Å². The number of nitrogens with zero attached hydrogens (tertiary/aromatic N) is 5. The van der Waals surface area contributed by atoms with E-state index in [1.165, 1.54) is 11.1 Å². The van der Waals surface area contributed by atoms with Gasteiger partial charge in [0.05, 0.1) is 5.69 Å². The molecule has 3 heterocycles. The van der Waals surface area contributed by atoms with Crippen LogP contribution in [0, 0.1) is 12.8 Å². The second-order valence-corrected chi connectivity index (χ2v) is 8.94.